The Morgan fingerprint density at radius 3 is 1.56 bits per heavy atom. The van der Waals surface area contributed by atoms with Crippen LogP contribution in [0.4, 0.5) is 11.4 Å². The summed E-state index contributed by atoms with van der Waals surface area (Å²) in [4.78, 5) is 65.4. The molecule has 3 saturated heterocycles. The minimum Gasteiger partial charge on any atom is -0.467 e. The van der Waals surface area contributed by atoms with Gasteiger partial charge in [0.25, 0.3) is 0 Å². The molecule has 6 aromatic rings. The number of fused-ring (bicyclic) bond motifs is 25. The monoisotopic (exact) mass is 1050 g/mol. The fraction of sp³-hybridized carbons (Fsp3) is 0.523. The molecule has 1 aromatic heterocycles. The van der Waals surface area contributed by atoms with E-state index >= 15 is 14.4 Å². The summed E-state index contributed by atoms with van der Waals surface area (Å²) in [7, 11) is 5.68. The standard InChI is InChI=1S/C65H69N3O10/c1-62(58(69)73-2)51-45-32-46(53(51)63(77-62,59(70)74-3)47-31-37-29-38(47)26-33(37)22-24-67-57-42-18-10-12-20-48(42)68-49-21-13-11-19-43(49)57)55-54(45)64(60(71)75-4)50-39-28-36(44(30-39)52(50)65(55,78-64)61(72)76-5)23-25-66-56-40-16-8-6-14-34(40)27-35-15-7-9-17-41(35)56/h6-21,27,33,36-39,44-47,50-55,66H,22-26,28-32H2,1-5H3,(H,67,68). The Morgan fingerprint density at radius 2 is 0.974 bits per heavy atom. The Kier molecular flexibility index (Phi) is 10.8. The number of benzene rings is 5. The number of hydrogen-bond acceptors (Lipinski definition) is 13. The summed E-state index contributed by atoms with van der Waals surface area (Å²) in [5.74, 6) is -3.98. The lowest BCUT2D eigenvalue weighted by molar-refractivity contribution is -0.210. The van der Waals surface area contributed by atoms with Gasteiger partial charge >= 0.3 is 23.9 Å². The molecule has 19 unspecified atom stereocenters. The van der Waals surface area contributed by atoms with Crippen LogP contribution in [0.15, 0.2) is 103 Å². The van der Waals surface area contributed by atoms with Crippen LogP contribution in [0.25, 0.3) is 43.4 Å². The average molecular weight is 1050 g/mol. The molecular formula is C65H69N3O10. The molecule has 13 heteroatoms. The predicted octanol–water partition coefficient (Wildman–Crippen LogP) is 10.4. The van der Waals surface area contributed by atoms with E-state index in [1.807, 2.05) is 12.1 Å². The summed E-state index contributed by atoms with van der Waals surface area (Å²) < 4.78 is 38.4. The number of carbonyl (C=O) groups excluding carboxylic acids is 4. The molecule has 4 heterocycles. The van der Waals surface area contributed by atoms with E-state index in [1.54, 1.807) is 6.92 Å². The van der Waals surface area contributed by atoms with Crippen molar-refractivity contribution in [1.82, 2.24) is 4.98 Å². The lowest BCUT2D eigenvalue weighted by Crippen LogP contribution is -2.65. The number of rotatable bonds is 13. The third-order valence-electron chi connectivity index (χ3n) is 22.8. The number of carbonyl (C=O) groups is 4. The second kappa shape index (κ2) is 17.3. The van der Waals surface area contributed by atoms with Gasteiger partial charge in [-0.05, 0) is 135 Å². The minimum absolute atomic E-state index is 0.0890. The Balaban J connectivity index is 0.754. The molecule has 6 saturated carbocycles. The molecule has 15 rings (SSSR count). The number of para-hydroxylation sites is 2. The van der Waals surface area contributed by atoms with Crippen LogP contribution >= 0.6 is 0 Å². The van der Waals surface area contributed by atoms with Crippen LogP contribution in [0, 0.1) is 88.8 Å². The summed E-state index contributed by atoms with van der Waals surface area (Å²) in [5.41, 5.74) is -1.81. The number of nitrogens with zero attached hydrogens (tertiary/aromatic N) is 1. The van der Waals surface area contributed by atoms with E-state index in [0.29, 0.717) is 18.3 Å². The van der Waals surface area contributed by atoms with Crippen molar-refractivity contribution < 1.29 is 47.6 Å². The zero-order valence-corrected chi connectivity index (χ0v) is 45.1. The molecule has 0 amide bonds. The number of nitrogens with one attached hydrogen (secondary N) is 2. The van der Waals surface area contributed by atoms with Crippen molar-refractivity contribution in [2.45, 2.75) is 80.7 Å². The smallest absolute Gasteiger partial charge is 0.338 e. The highest BCUT2D eigenvalue weighted by molar-refractivity contribution is 6.11. The zero-order chi connectivity index (χ0) is 53.2. The molecule has 19 atom stereocenters. The Bertz CT molecular complexity index is 3410. The summed E-state index contributed by atoms with van der Waals surface area (Å²) in [5, 5.41) is 14.7. The van der Waals surface area contributed by atoms with E-state index in [-0.39, 0.29) is 53.3 Å². The molecule has 2 N–H and O–H groups in total. The first-order valence-electron chi connectivity index (χ1n) is 28.9. The summed E-state index contributed by atoms with van der Waals surface area (Å²) in [6.07, 6.45) is 6.86. The summed E-state index contributed by atoms with van der Waals surface area (Å²) >= 11 is 0. The van der Waals surface area contributed by atoms with E-state index in [2.05, 4.69) is 102 Å². The maximum Gasteiger partial charge on any atom is 0.338 e. The van der Waals surface area contributed by atoms with Crippen LogP contribution in [-0.4, -0.2) is 92.8 Å². The van der Waals surface area contributed by atoms with Crippen molar-refractivity contribution in [3.05, 3.63) is 103 Å². The van der Waals surface area contributed by atoms with Crippen LogP contribution in [0.1, 0.15) is 58.3 Å². The molecule has 5 aromatic carbocycles. The van der Waals surface area contributed by atoms with E-state index in [0.717, 1.165) is 91.2 Å². The first-order valence-corrected chi connectivity index (χ1v) is 28.9. The van der Waals surface area contributed by atoms with Gasteiger partial charge in [-0.25, -0.2) is 24.2 Å². The third-order valence-corrected chi connectivity index (χ3v) is 22.8. The zero-order valence-electron chi connectivity index (χ0n) is 45.1. The van der Waals surface area contributed by atoms with Gasteiger partial charge in [0, 0.05) is 81.7 Å². The van der Waals surface area contributed by atoms with Gasteiger partial charge in [0.15, 0.2) is 22.4 Å². The van der Waals surface area contributed by atoms with Gasteiger partial charge in [0.1, 0.15) is 0 Å². The lowest BCUT2D eigenvalue weighted by Gasteiger charge is -2.54. The quantitative estimate of drug-likeness (QED) is 0.0640. The maximum absolute atomic E-state index is 15.4. The highest BCUT2D eigenvalue weighted by atomic mass is 16.6. The summed E-state index contributed by atoms with van der Waals surface area (Å²) in [6, 6.07) is 35.8. The third kappa shape index (κ3) is 6.13. The predicted molar refractivity (Wildman–Crippen MR) is 294 cm³/mol. The van der Waals surface area contributed by atoms with Gasteiger partial charge in [0.05, 0.1) is 45.2 Å². The maximum atomic E-state index is 15.4. The molecule has 78 heavy (non-hydrogen) atoms. The molecular weight excluding hydrogens is 983 g/mol. The van der Waals surface area contributed by atoms with Gasteiger partial charge in [0.2, 0.25) is 0 Å². The van der Waals surface area contributed by atoms with Crippen LogP contribution in [-0.2, 0) is 47.6 Å². The molecule has 0 radical (unpaired) electrons. The van der Waals surface area contributed by atoms with E-state index in [4.69, 9.17) is 33.4 Å². The number of pyridine rings is 1. The van der Waals surface area contributed by atoms with Crippen molar-refractivity contribution in [2.24, 2.45) is 88.8 Å². The Labute approximate surface area is 454 Å². The molecule has 0 spiro atoms. The number of aromatic nitrogens is 1. The average Bonchev–Trinajstić information content (AvgIpc) is 4.02. The number of methoxy groups -OCH3 is 4. The van der Waals surface area contributed by atoms with Crippen molar-refractivity contribution in [3.63, 3.8) is 0 Å². The number of esters is 4. The SMILES string of the molecule is COC(=O)C1(C)OC(C(=O)OC)(C2CC3CC2CC3CCNc2c3ccccc3nc3ccccc23)C2C3CC(C21)C1C3C2(C(=O)OC)OC1(C(=O)OC)C1C3CC(CCNc4c5ccccc5cc5ccccc45)C(C3)C12. The first kappa shape index (κ1) is 48.8. The van der Waals surface area contributed by atoms with E-state index in [9.17, 15) is 4.79 Å². The molecule has 6 aliphatic carbocycles. The van der Waals surface area contributed by atoms with Gasteiger partial charge < -0.3 is 39.1 Å². The van der Waals surface area contributed by atoms with Crippen LogP contribution in [0.2, 0.25) is 0 Å². The molecule has 8 bridgehead atoms. The van der Waals surface area contributed by atoms with Crippen molar-refractivity contribution >= 4 is 78.6 Å². The van der Waals surface area contributed by atoms with E-state index < -0.39 is 70.0 Å². The molecule has 9 aliphatic rings. The molecule has 3 aliphatic heterocycles. The van der Waals surface area contributed by atoms with Crippen LogP contribution < -0.4 is 10.6 Å². The number of hydrogen-bond donors (Lipinski definition) is 2. The highest BCUT2D eigenvalue weighted by Crippen LogP contribution is 2.84. The number of anilines is 2. The normalized spacial score (nSPS) is 39.7. The van der Waals surface area contributed by atoms with E-state index in [1.165, 1.54) is 50.0 Å². The topological polar surface area (TPSA) is 161 Å². The number of ether oxygens (including phenoxy) is 6. The van der Waals surface area contributed by atoms with Crippen molar-refractivity contribution in [1.29, 1.82) is 0 Å². The fourth-order valence-corrected chi connectivity index (χ4v) is 20.8. The molecule has 9 fully saturated rings. The summed E-state index contributed by atoms with van der Waals surface area (Å²) in [6.45, 7) is 3.33. The molecule has 13 nitrogen and oxygen atoms in total. The largest absolute Gasteiger partial charge is 0.467 e. The first-order chi connectivity index (χ1) is 38.0. The van der Waals surface area contributed by atoms with Crippen LogP contribution in [0.3, 0.4) is 0 Å². The second-order valence-electron chi connectivity index (χ2n) is 25.3. The van der Waals surface area contributed by atoms with Gasteiger partial charge in [-0.15, -0.1) is 0 Å². The lowest BCUT2D eigenvalue weighted by atomic mass is 9.45. The molecule has 404 valence electrons. The minimum atomic E-state index is -1.54. The van der Waals surface area contributed by atoms with Gasteiger partial charge in [-0.1, -0.05) is 84.9 Å². The van der Waals surface area contributed by atoms with Gasteiger partial charge in [-0.3, -0.25) is 0 Å². The van der Waals surface area contributed by atoms with Crippen molar-refractivity contribution in [2.75, 3.05) is 52.2 Å². The highest BCUT2D eigenvalue weighted by Gasteiger charge is 2.93. The van der Waals surface area contributed by atoms with Crippen molar-refractivity contribution in [3.8, 4) is 0 Å². The van der Waals surface area contributed by atoms with Gasteiger partial charge in [-0.2, -0.15) is 0 Å². The fourth-order valence-electron chi connectivity index (χ4n) is 20.8. The Morgan fingerprint density at radius 1 is 0.487 bits per heavy atom. The van der Waals surface area contributed by atoms with Crippen LogP contribution in [0.5, 0.6) is 0 Å². The Hall–Kier alpha value is -6.31. The second-order valence-corrected chi connectivity index (χ2v) is 25.3.